The van der Waals surface area contributed by atoms with Crippen molar-refractivity contribution in [1.29, 1.82) is 0 Å². The molecule has 2 heterocycles. The van der Waals surface area contributed by atoms with Gasteiger partial charge < -0.3 is 9.72 Å². The van der Waals surface area contributed by atoms with Crippen molar-refractivity contribution in [2.75, 3.05) is 0 Å². The molecule has 3 rings (SSSR count). The summed E-state index contributed by atoms with van der Waals surface area (Å²) in [5.41, 5.74) is 3.49. The lowest BCUT2D eigenvalue weighted by molar-refractivity contribution is -0.133. The molecule has 3 aromatic rings. The van der Waals surface area contributed by atoms with Gasteiger partial charge in [-0.25, -0.2) is 0 Å². The molecule has 2 aromatic heterocycles. The second-order valence-electron chi connectivity index (χ2n) is 6.12. The molecule has 0 atom stereocenters. The first-order valence-corrected chi connectivity index (χ1v) is 8.92. The Bertz CT molecular complexity index is 973. The van der Waals surface area contributed by atoms with Gasteiger partial charge in [-0.15, -0.1) is 0 Å². The van der Waals surface area contributed by atoms with Gasteiger partial charge in [0.1, 0.15) is 11.4 Å². The van der Waals surface area contributed by atoms with Crippen molar-refractivity contribution in [2.24, 2.45) is 0 Å². The number of carbonyl (C=O) groups excluding carboxylic acids is 2. The number of carbonyl (C=O) groups is 2. The van der Waals surface area contributed by atoms with Crippen molar-refractivity contribution >= 4 is 22.7 Å². The van der Waals surface area contributed by atoms with Crippen LogP contribution in [0.3, 0.4) is 0 Å². The number of hydrogen-bond acceptors (Lipinski definition) is 4. The predicted molar refractivity (Wildman–Crippen MR) is 101 cm³/mol. The van der Waals surface area contributed by atoms with E-state index in [1.54, 1.807) is 19.2 Å². The molecule has 0 aliphatic rings. The number of aryl methyl sites for hydroxylation is 2. The van der Waals surface area contributed by atoms with Crippen LogP contribution < -0.4 is 4.74 Å². The molecule has 1 aromatic carbocycles. The quantitative estimate of drug-likeness (QED) is 0.533. The molecule has 0 aliphatic heterocycles. The monoisotopic (exact) mass is 350 g/mol. The van der Waals surface area contributed by atoms with E-state index >= 15 is 0 Å². The molecular weight excluding hydrogens is 328 g/mol. The van der Waals surface area contributed by atoms with Crippen LogP contribution in [-0.4, -0.2) is 21.7 Å². The maximum absolute atomic E-state index is 13.0. The summed E-state index contributed by atoms with van der Waals surface area (Å²) in [6.45, 7) is 5.80. The van der Waals surface area contributed by atoms with Gasteiger partial charge in [0, 0.05) is 23.5 Å². The van der Waals surface area contributed by atoms with Crippen LogP contribution in [0.1, 0.15) is 54.5 Å². The number of esters is 1. The highest BCUT2D eigenvalue weighted by molar-refractivity contribution is 6.13. The van der Waals surface area contributed by atoms with E-state index in [-0.39, 0.29) is 29.6 Å². The van der Waals surface area contributed by atoms with E-state index in [1.807, 2.05) is 31.2 Å². The minimum Gasteiger partial charge on any atom is -0.423 e. The second-order valence-corrected chi connectivity index (χ2v) is 6.12. The van der Waals surface area contributed by atoms with Gasteiger partial charge in [-0.05, 0) is 48.2 Å². The Morgan fingerprint density at radius 3 is 2.46 bits per heavy atom. The first-order chi connectivity index (χ1) is 12.6. The Morgan fingerprint density at radius 2 is 1.77 bits per heavy atom. The Kier molecular flexibility index (Phi) is 5.16. The Morgan fingerprint density at radius 1 is 1.04 bits per heavy atom. The molecule has 0 aliphatic carbocycles. The summed E-state index contributed by atoms with van der Waals surface area (Å²) in [5.74, 6) is -0.374. The van der Waals surface area contributed by atoms with Gasteiger partial charge >= 0.3 is 5.97 Å². The van der Waals surface area contributed by atoms with Crippen molar-refractivity contribution in [1.82, 2.24) is 9.97 Å². The average Bonchev–Trinajstić information content (AvgIpc) is 3.04. The first-order valence-electron chi connectivity index (χ1n) is 8.92. The van der Waals surface area contributed by atoms with Gasteiger partial charge in [0.05, 0.1) is 0 Å². The van der Waals surface area contributed by atoms with E-state index in [4.69, 9.17) is 4.74 Å². The summed E-state index contributed by atoms with van der Waals surface area (Å²) >= 11 is 0. The topological polar surface area (TPSA) is 72.1 Å². The minimum atomic E-state index is -0.378. The van der Waals surface area contributed by atoms with E-state index in [9.17, 15) is 9.59 Å². The first kappa shape index (κ1) is 17.9. The zero-order valence-electron chi connectivity index (χ0n) is 15.3. The molecule has 5 heteroatoms. The number of aromatic amines is 1. The minimum absolute atomic E-state index is 0.233. The molecule has 0 bridgehead atoms. The molecular formula is C21H22N2O3. The standard InChI is InChI=1S/C21H22N2O3/c1-4-13-7-8-16-15(11-13)21(26-18(24)6-3)19(23-16)20(25)17-12-14(5-2)9-10-22-17/h7-12,23H,4-6H2,1-3H3. The Hall–Kier alpha value is -2.95. The summed E-state index contributed by atoms with van der Waals surface area (Å²) in [5, 5.41) is 0.737. The molecule has 0 saturated heterocycles. The summed E-state index contributed by atoms with van der Waals surface area (Å²) in [7, 11) is 0. The molecule has 0 amide bonds. The third kappa shape index (κ3) is 3.38. The third-order valence-corrected chi connectivity index (χ3v) is 4.42. The molecule has 134 valence electrons. The van der Waals surface area contributed by atoms with E-state index in [0.29, 0.717) is 5.69 Å². The van der Waals surface area contributed by atoms with Crippen molar-refractivity contribution in [3.05, 3.63) is 59.0 Å². The molecule has 0 saturated carbocycles. The van der Waals surface area contributed by atoms with E-state index in [2.05, 4.69) is 16.9 Å². The number of hydrogen-bond donors (Lipinski definition) is 1. The fourth-order valence-electron chi connectivity index (χ4n) is 2.83. The largest absolute Gasteiger partial charge is 0.423 e. The van der Waals surface area contributed by atoms with E-state index in [1.165, 1.54) is 0 Å². The fraction of sp³-hybridized carbons (Fsp3) is 0.286. The maximum atomic E-state index is 13.0. The van der Waals surface area contributed by atoms with E-state index < -0.39 is 0 Å². The molecule has 1 N–H and O–H groups in total. The number of H-pyrrole nitrogens is 1. The fourth-order valence-corrected chi connectivity index (χ4v) is 2.83. The summed E-state index contributed by atoms with van der Waals surface area (Å²) in [6, 6.07) is 9.51. The lowest BCUT2D eigenvalue weighted by Gasteiger charge is -2.06. The lowest BCUT2D eigenvalue weighted by atomic mass is 10.1. The third-order valence-electron chi connectivity index (χ3n) is 4.42. The SMILES string of the molecule is CCC(=O)Oc1c(C(=O)c2cc(CC)ccn2)[nH]c2ccc(CC)cc12. The van der Waals surface area contributed by atoms with Gasteiger partial charge in [0.2, 0.25) is 5.78 Å². The van der Waals surface area contributed by atoms with Crippen LogP contribution in [0.15, 0.2) is 36.5 Å². The lowest BCUT2D eigenvalue weighted by Crippen LogP contribution is -2.11. The van der Waals surface area contributed by atoms with Crippen LogP contribution in [-0.2, 0) is 17.6 Å². The second kappa shape index (κ2) is 7.52. The zero-order valence-corrected chi connectivity index (χ0v) is 15.3. The zero-order chi connectivity index (χ0) is 18.7. The number of nitrogens with one attached hydrogen (secondary N) is 1. The summed E-state index contributed by atoms with van der Waals surface area (Å²) in [6.07, 6.45) is 3.53. The number of nitrogens with zero attached hydrogens (tertiary/aromatic N) is 1. The van der Waals surface area contributed by atoms with Crippen LogP contribution in [0, 0.1) is 0 Å². The van der Waals surface area contributed by atoms with Crippen LogP contribution in [0.5, 0.6) is 5.75 Å². The number of ketones is 1. The number of ether oxygens (including phenoxy) is 1. The summed E-state index contributed by atoms with van der Waals surface area (Å²) < 4.78 is 5.53. The molecule has 0 spiro atoms. The average molecular weight is 350 g/mol. The Labute approximate surface area is 152 Å². The van der Waals surface area contributed by atoms with Crippen molar-refractivity contribution in [2.45, 2.75) is 40.0 Å². The normalized spacial score (nSPS) is 10.9. The highest BCUT2D eigenvalue weighted by atomic mass is 16.5. The van der Waals surface area contributed by atoms with Crippen LogP contribution in [0.25, 0.3) is 10.9 Å². The Balaban J connectivity index is 2.15. The van der Waals surface area contributed by atoms with Crippen LogP contribution in [0.4, 0.5) is 0 Å². The smallest absolute Gasteiger partial charge is 0.310 e. The molecule has 26 heavy (non-hydrogen) atoms. The van der Waals surface area contributed by atoms with Crippen LogP contribution in [0.2, 0.25) is 0 Å². The summed E-state index contributed by atoms with van der Waals surface area (Å²) in [4.78, 5) is 32.3. The van der Waals surface area contributed by atoms with Gasteiger partial charge in [-0.2, -0.15) is 0 Å². The van der Waals surface area contributed by atoms with Gasteiger partial charge in [0.15, 0.2) is 5.75 Å². The van der Waals surface area contributed by atoms with Crippen LogP contribution >= 0.6 is 0 Å². The molecule has 0 unspecified atom stereocenters. The highest BCUT2D eigenvalue weighted by Gasteiger charge is 2.23. The molecule has 5 nitrogen and oxygen atoms in total. The predicted octanol–water partition coefficient (Wildman–Crippen LogP) is 4.23. The van der Waals surface area contributed by atoms with Crippen molar-refractivity contribution < 1.29 is 14.3 Å². The van der Waals surface area contributed by atoms with Crippen molar-refractivity contribution in [3.63, 3.8) is 0 Å². The number of benzene rings is 1. The molecule has 0 fully saturated rings. The van der Waals surface area contributed by atoms with Gasteiger partial charge in [0.25, 0.3) is 0 Å². The maximum Gasteiger partial charge on any atom is 0.310 e. The van der Waals surface area contributed by atoms with Gasteiger partial charge in [-0.1, -0.05) is 26.8 Å². The number of pyridine rings is 1. The van der Waals surface area contributed by atoms with E-state index in [0.717, 1.165) is 34.9 Å². The number of fused-ring (bicyclic) bond motifs is 1. The van der Waals surface area contributed by atoms with Gasteiger partial charge in [-0.3, -0.25) is 14.6 Å². The highest BCUT2D eigenvalue weighted by Crippen LogP contribution is 2.33. The van der Waals surface area contributed by atoms with Crippen molar-refractivity contribution in [3.8, 4) is 5.75 Å². The number of aromatic nitrogens is 2. The number of rotatable bonds is 6. The molecule has 0 radical (unpaired) electrons.